The number of pyridine rings is 1. The molecule has 2 heterocycles. The number of aryl methyl sites for hydroxylation is 1. The summed E-state index contributed by atoms with van der Waals surface area (Å²) in [5.74, 6) is 0.519. The van der Waals surface area contributed by atoms with Crippen LogP contribution in [0.15, 0.2) is 72.9 Å². The van der Waals surface area contributed by atoms with Crippen LogP contribution in [0.1, 0.15) is 22.8 Å². The van der Waals surface area contributed by atoms with E-state index in [1.54, 1.807) is 19.1 Å². The van der Waals surface area contributed by atoms with Gasteiger partial charge in [0.05, 0.1) is 12.2 Å². The number of aromatic nitrogens is 2. The summed E-state index contributed by atoms with van der Waals surface area (Å²) < 4.78 is 7.13. The van der Waals surface area contributed by atoms with Gasteiger partial charge in [-0.1, -0.05) is 36.4 Å². The molecule has 0 aliphatic carbocycles. The lowest BCUT2D eigenvalue weighted by atomic mass is 10.1. The average molecular weight is 371 g/mol. The van der Waals surface area contributed by atoms with Crippen LogP contribution in [-0.4, -0.2) is 22.0 Å². The third kappa shape index (κ3) is 3.47. The van der Waals surface area contributed by atoms with Gasteiger partial charge in [-0.25, -0.2) is 9.78 Å². The molecule has 2 aromatic carbocycles. The topological polar surface area (TPSA) is 55.6 Å². The molecule has 0 amide bonds. The zero-order chi connectivity index (χ0) is 19.5. The molecule has 0 bridgehead atoms. The summed E-state index contributed by atoms with van der Waals surface area (Å²) >= 11 is 0. The fraction of sp³-hybridized carbons (Fsp3) is 0.130. The van der Waals surface area contributed by atoms with Crippen LogP contribution >= 0.6 is 0 Å². The van der Waals surface area contributed by atoms with Crippen molar-refractivity contribution in [2.45, 2.75) is 13.8 Å². The van der Waals surface area contributed by atoms with Gasteiger partial charge in [-0.3, -0.25) is 4.40 Å². The first-order chi connectivity index (χ1) is 13.7. The Bertz CT molecular complexity index is 1130. The summed E-state index contributed by atoms with van der Waals surface area (Å²) in [6.07, 6.45) is 2.00. The van der Waals surface area contributed by atoms with Crippen molar-refractivity contribution in [2.75, 3.05) is 11.9 Å². The summed E-state index contributed by atoms with van der Waals surface area (Å²) in [4.78, 5) is 16.9. The molecule has 4 aromatic rings. The fourth-order valence-corrected chi connectivity index (χ4v) is 3.14. The van der Waals surface area contributed by atoms with Crippen molar-refractivity contribution in [3.8, 4) is 11.3 Å². The molecule has 0 saturated carbocycles. The van der Waals surface area contributed by atoms with Gasteiger partial charge in [-0.2, -0.15) is 0 Å². The summed E-state index contributed by atoms with van der Waals surface area (Å²) in [5.41, 5.74) is 5.19. The molecular weight excluding hydrogens is 350 g/mol. The van der Waals surface area contributed by atoms with Gasteiger partial charge < -0.3 is 10.1 Å². The number of hydrogen-bond acceptors (Lipinski definition) is 4. The van der Waals surface area contributed by atoms with Crippen molar-refractivity contribution in [3.63, 3.8) is 0 Å². The maximum Gasteiger partial charge on any atom is 0.338 e. The van der Waals surface area contributed by atoms with E-state index in [1.165, 1.54) is 0 Å². The van der Waals surface area contributed by atoms with Gasteiger partial charge in [0.1, 0.15) is 17.2 Å². The summed E-state index contributed by atoms with van der Waals surface area (Å²) in [6.45, 7) is 4.20. The van der Waals surface area contributed by atoms with Crippen molar-refractivity contribution in [1.29, 1.82) is 0 Å². The number of carbonyl (C=O) groups excluding carboxylic acids is 1. The Kier molecular flexibility index (Phi) is 4.81. The number of hydrogen-bond donors (Lipinski definition) is 1. The molecule has 0 atom stereocenters. The van der Waals surface area contributed by atoms with Crippen molar-refractivity contribution >= 4 is 23.1 Å². The highest BCUT2D eigenvalue weighted by Crippen LogP contribution is 2.31. The summed E-state index contributed by atoms with van der Waals surface area (Å²) in [7, 11) is 0. The van der Waals surface area contributed by atoms with Gasteiger partial charge in [0.15, 0.2) is 0 Å². The standard InChI is InChI=1S/C23H21N3O2/c1-3-28-23(27)18-10-7-11-19(15-18)24-22-21(17-8-5-4-6-9-17)25-20-14-16(2)12-13-26(20)22/h4-15,24H,3H2,1-2H3. The highest BCUT2D eigenvalue weighted by Gasteiger charge is 2.15. The minimum Gasteiger partial charge on any atom is -0.462 e. The molecule has 0 unspecified atom stereocenters. The third-order valence-corrected chi connectivity index (χ3v) is 4.47. The molecule has 5 nitrogen and oxygen atoms in total. The van der Waals surface area contributed by atoms with Gasteiger partial charge in [-0.15, -0.1) is 0 Å². The first kappa shape index (κ1) is 17.8. The minimum atomic E-state index is -0.330. The van der Waals surface area contributed by atoms with E-state index in [1.807, 2.05) is 72.1 Å². The average Bonchev–Trinajstić information content (AvgIpc) is 3.06. The lowest BCUT2D eigenvalue weighted by molar-refractivity contribution is 0.0526. The molecule has 0 saturated heterocycles. The molecule has 4 rings (SSSR count). The van der Waals surface area contributed by atoms with E-state index in [9.17, 15) is 4.79 Å². The Balaban J connectivity index is 1.80. The van der Waals surface area contributed by atoms with Gasteiger partial charge >= 0.3 is 5.97 Å². The molecule has 140 valence electrons. The molecular formula is C23H21N3O2. The Labute approximate surface area is 163 Å². The second kappa shape index (κ2) is 7.56. The van der Waals surface area contributed by atoms with Crippen LogP contribution in [-0.2, 0) is 4.74 Å². The second-order valence-electron chi connectivity index (χ2n) is 6.53. The van der Waals surface area contributed by atoms with E-state index in [-0.39, 0.29) is 5.97 Å². The van der Waals surface area contributed by atoms with Crippen molar-refractivity contribution in [1.82, 2.24) is 9.38 Å². The Morgan fingerprint density at radius 3 is 2.68 bits per heavy atom. The van der Waals surface area contributed by atoms with Crippen LogP contribution in [0.5, 0.6) is 0 Å². The number of nitrogens with one attached hydrogen (secondary N) is 1. The molecule has 2 aromatic heterocycles. The van der Waals surface area contributed by atoms with E-state index in [4.69, 9.17) is 9.72 Å². The number of fused-ring (bicyclic) bond motifs is 1. The first-order valence-corrected chi connectivity index (χ1v) is 9.24. The number of esters is 1. The Morgan fingerprint density at radius 2 is 1.89 bits per heavy atom. The number of nitrogens with zero attached hydrogens (tertiary/aromatic N) is 2. The quantitative estimate of drug-likeness (QED) is 0.488. The fourth-order valence-electron chi connectivity index (χ4n) is 3.14. The maximum atomic E-state index is 12.1. The van der Waals surface area contributed by atoms with Crippen LogP contribution < -0.4 is 5.32 Å². The molecule has 1 N–H and O–H groups in total. The summed E-state index contributed by atoms with van der Waals surface area (Å²) in [6, 6.07) is 21.4. The van der Waals surface area contributed by atoms with Crippen LogP contribution in [0.2, 0.25) is 0 Å². The minimum absolute atomic E-state index is 0.330. The van der Waals surface area contributed by atoms with E-state index < -0.39 is 0 Å². The van der Waals surface area contributed by atoms with Crippen LogP contribution in [0.25, 0.3) is 16.9 Å². The molecule has 0 spiro atoms. The van der Waals surface area contributed by atoms with Crippen LogP contribution in [0.3, 0.4) is 0 Å². The number of anilines is 2. The lowest BCUT2D eigenvalue weighted by Crippen LogP contribution is -2.05. The predicted octanol–water partition coefficient (Wildman–Crippen LogP) is 5.23. The number of benzene rings is 2. The largest absolute Gasteiger partial charge is 0.462 e. The maximum absolute atomic E-state index is 12.1. The van der Waals surface area contributed by atoms with E-state index in [2.05, 4.69) is 5.32 Å². The zero-order valence-corrected chi connectivity index (χ0v) is 15.8. The zero-order valence-electron chi connectivity index (χ0n) is 15.8. The third-order valence-electron chi connectivity index (χ3n) is 4.47. The Hall–Kier alpha value is -3.60. The second-order valence-corrected chi connectivity index (χ2v) is 6.53. The van der Waals surface area contributed by atoms with Gasteiger partial charge in [0.2, 0.25) is 0 Å². The first-order valence-electron chi connectivity index (χ1n) is 9.24. The highest BCUT2D eigenvalue weighted by atomic mass is 16.5. The van der Waals surface area contributed by atoms with E-state index >= 15 is 0 Å². The van der Waals surface area contributed by atoms with Crippen LogP contribution in [0, 0.1) is 6.92 Å². The molecule has 5 heteroatoms. The molecule has 0 aliphatic rings. The van der Waals surface area contributed by atoms with Gasteiger partial charge in [0.25, 0.3) is 0 Å². The van der Waals surface area contributed by atoms with Crippen molar-refractivity contribution < 1.29 is 9.53 Å². The van der Waals surface area contributed by atoms with Crippen LogP contribution in [0.4, 0.5) is 11.5 Å². The number of rotatable bonds is 5. The van der Waals surface area contributed by atoms with E-state index in [0.717, 1.165) is 34.0 Å². The van der Waals surface area contributed by atoms with Crippen molar-refractivity contribution in [3.05, 3.63) is 84.1 Å². The van der Waals surface area contributed by atoms with Gasteiger partial charge in [0, 0.05) is 17.4 Å². The SMILES string of the molecule is CCOC(=O)c1cccc(Nc2c(-c3ccccc3)nc3cc(C)ccn23)c1. The number of carbonyl (C=O) groups is 1. The molecule has 0 radical (unpaired) electrons. The highest BCUT2D eigenvalue weighted by molar-refractivity contribution is 5.91. The van der Waals surface area contributed by atoms with E-state index in [0.29, 0.717) is 12.2 Å². The van der Waals surface area contributed by atoms with Crippen molar-refractivity contribution in [2.24, 2.45) is 0 Å². The number of ether oxygens (including phenoxy) is 1. The van der Waals surface area contributed by atoms with Gasteiger partial charge in [-0.05, 0) is 49.7 Å². The lowest BCUT2D eigenvalue weighted by Gasteiger charge is -2.10. The summed E-state index contributed by atoms with van der Waals surface area (Å²) in [5, 5.41) is 3.44. The predicted molar refractivity (Wildman–Crippen MR) is 111 cm³/mol. The monoisotopic (exact) mass is 371 g/mol. The number of imidazole rings is 1. The molecule has 0 aliphatic heterocycles. The Morgan fingerprint density at radius 1 is 1.07 bits per heavy atom. The normalized spacial score (nSPS) is 10.8. The molecule has 0 fully saturated rings. The smallest absolute Gasteiger partial charge is 0.338 e. The molecule has 28 heavy (non-hydrogen) atoms.